The van der Waals surface area contributed by atoms with E-state index in [0.29, 0.717) is 18.1 Å². The Kier molecular flexibility index (Phi) is 10.1. The Balaban J connectivity index is 0.00000154. The van der Waals surface area contributed by atoms with Crippen molar-refractivity contribution in [3.63, 3.8) is 0 Å². The molecule has 1 aliphatic carbocycles. The second-order valence-corrected chi connectivity index (χ2v) is 7.35. The molecule has 2 atom stereocenters. The maximum absolute atomic E-state index is 14.0. The number of hydrogen-bond donors (Lipinski definition) is 1. The predicted molar refractivity (Wildman–Crippen MR) is 118 cm³/mol. The van der Waals surface area contributed by atoms with E-state index in [0.717, 1.165) is 12.8 Å². The normalized spacial score (nSPS) is 16.3. The molecule has 0 aliphatic heterocycles. The maximum Gasteiger partial charge on any atom is 0.292 e. The number of aliphatic imine (C=N–C) groups is 1. The van der Waals surface area contributed by atoms with Crippen molar-refractivity contribution < 1.29 is 20.1 Å². The molecule has 1 aromatic carbocycles. The molecule has 5 nitrogen and oxygen atoms in total. The van der Waals surface area contributed by atoms with Gasteiger partial charge in [-0.3, -0.25) is 4.79 Å². The summed E-state index contributed by atoms with van der Waals surface area (Å²) in [5.41, 5.74) is 1.42. The van der Waals surface area contributed by atoms with E-state index < -0.39 is 5.60 Å². The van der Waals surface area contributed by atoms with Gasteiger partial charge in [0.2, 0.25) is 0 Å². The first-order valence-electron chi connectivity index (χ1n) is 9.76. The standard InChI is InChI=1S/C21H29FN2O.C2H4O2.H2/c1-15(17-11-7-6-8-12-17)21(3,4)25-20(23-5)24-16(2)18-13-9-10-14-19(18)22;1-4-2-3;/h6-8,11-16H,9-10H2,1-5H3,(H,23,24);2H,1H3;1H/t15?,16-;;/m0../s1. The third kappa shape index (κ3) is 7.72. The van der Waals surface area contributed by atoms with Crippen LogP contribution in [0, 0.1) is 0 Å². The summed E-state index contributed by atoms with van der Waals surface area (Å²) < 4.78 is 24.0. The quantitative estimate of drug-likeness (QED) is 0.403. The van der Waals surface area contributed by atoms with Crippen molar-refractivity contribution in [2.24, 2.45) is 4.99 Å². The van der Waals surface area contributed by atoms with Crippen LogP contribution in [-0.2, 0) is 14.3 Å². The van der Waals surface area contributed by atoms with Gasteiger partial charge >= 0.3 is 0 Å². The molecule has 0 heterocycles. The molecular formula is C23H35FN2O3. The molecule has 162 valence electrons. The number of rotatable bonds is 6. The average molecular weight is 407 g/mol. The molecule has 2 rings (SSSR count). The molecule has 0 saturated heterocycles. The van der Waals surface area contributed by atoms with Gasteiger partial charge in [-0.15, -0.1) is 0 Å². The average Bonchev–Trinajstić information content (AvgIpc) is 2.73. The molecule has 0 radical (unpaired) electrons. The Morgan fingerprint density at radius 2 is 1.83 bits per heavy atom. The zero-order valence-corrected chi connectivity index (χ0v) is 18.2. The summed E-state index contributed by atoms with van der Waals surface area (Å²) in [7, 11) is 2.99. The lowest BCUT2D eigenvalue weighted by Gasteiger charge is -2.34. The van der Waals surface area contributed by atoms with Gasteiger partial charge in [0.15, 0.2) is 0 Å². The summed E-state index contributed by atoms with van der Waals surface area (Å²) in [6, 6.07) is 10.5. The number of amidine groups is 1. The van der Waals surface area contributed by atoms with Crippen LogP contribution < -0.4 is 5.32 Å². The molecule has 6 heteroatoms. The fraction of sp³-hybridized carbons (Fsp3) is 0.478. The van der Waals surface area contributed by atoms with E-state index in [1.807, 2.05) is 45.0 Å². The maximum atomic E-state index is 14.0. The fourth-order valence-electron chi connectivity index (χ4n) is 2.93. The highest BCUT2D eigenvalue weighted by molar-refractivity contribution is 5.75. The molecule has 1 unspecified atom stereocenters. The van der Waals surface area contributed by atoms with Crippen molar-refractivity contribution in [3.8, 4) is 0 Å². The smallest absolute Gasteiger partial charge is 0.292 e. The highest BCUT2D eigenvalue weighted by Crippen LogP contribution is 2.31. The molecule has 0 amide bonds. The van der Waals surface area contributed by atoms with E-state index in [1.54, 1.807) is 13.1 Å². The van der Waals surface area contributed by atoms with E-state index in [2.05, 4.69) is 34.1 Å². The van der Waals surface area contributed by atoms with Gasteiger partial charge in [-0.1, -0.05) is 43.3 Å². The number of ether oxygens (including phenoxy) is 2. The second-order valence-electron chi connectivity index (χ2n) is 7.35. The topological polar surface area (TPSA) is 59.9 Å². The largest absolute Gasteiger partial charge is 0.471 e. The van der Waals surface area contributed by atoms with Crippen molar-refractivity contribution >= 4 is 12.5 Å². The van der Waals surface area contributed by atoms with E-state index in [4.69, 9.17) is 9.53 Å². The minimum atomic E-state index is -0.460. The minimum absolute atomic E-state index is 0. The predicted octanol–water partition coefficient (Wildman–Crippen LogP) is 5.16. The number of carbonyl (C=O) groups excluding carboxylic acids is 1. The van der Waals surface area contributed by atoms with Crippen LogP contribution in [0.1, 0.15) is 53.4 Å². The molecule has 0 aromatic heterocycles. The van der Waals surface area contributed by atoms with Gasteiger partial charge in [0.25, 0.3) is 12.5 Å². The lowest BCUT2D eigenvalue weighted by Crippen LogP contribution is -2.43. The van der Waals surface area contributed by atoms with E-state index in [9.17, 15) is 4.39 Å². The van der Waals surface area contributed by atoms with Gasteiger partial charge in [-0.25, -0.2) is 9.38 Å². The number of nitrogens with zero attached hydrogens (tertiary/aromatic N) is 1. The van der Waals surface area contributed by atoms with Crippen LogP contribution in [0.15, 0.2) is 58.9 Å². The molecular weight excluding hydrogens is 371 g/mol. The first-order valence-corrected chi connectivity index (χ1v) is 9.76. The second kappa shape index (κ2) is 12.0. The van der Waals surface area contributed by atoms with Crippen LogP contribution in [0.3, 0.4) is 0 Å². The van der Waals surface area contributed by atoms with Crippen molar-refractivity contribution in [1.29, 1.82) is 0 Å². The lowest BCUT2D eigenvalue weighted by atomic mass is 9.86. The van der Waals surface area contributed by atoms with Gasteiger partial charge in [-0.05, 0) is 45.3 Å². The van der Waals surface area contributed by atoms with E-state index in [-0.39, 0.29) is 19.2 Å². The van der Waals surface area contributed by atoms with E-state index >= 15 is 0 Å². The van der Waals surface area contributed by atoms with Gasteiger partial charge in [0, 0.05) is 20.0 Å². The van der Waals surface area contributed by atoms with E-state index in [1.165, 1.54) is 12.7 Å². The monoisotopic (exact) mass is 406 g/mol. The molecule has 0 spiro atoms. The minimum Gasteiger partial charge on any atom is -0.471 e. The summed E-state index contributed by atoms with van der Waals surface area (Å²) in [5, 5.41) is 3.21. The number of hydrogen-bond acceptors (Lipinski definition) is 4. The highest BCUT2D eigenvalue weighted by atomic mass is 19.1. The Hall–Kier alpha value is -2.63. The van der Waals surface area contributed by atoms with Crippen LogP contribution in [-0.4, -0.2) is 38.3 Å². The van der Waals surface area contributed by atoms with Gasteiger partial charge in [-0.2, -0.15) is 0 Å². The molecule has 0 bridgehead atoms. The van der Waals surface area contributed by atoms with Gasteiger partial charge in [0.1, 0.15) is 11.4 Å². The Labute approximate surface area is 175 Å². The first-order chi connectivity index (χ1) is 13.8. The lowest BCUT2D eigenvalue weighted by molar-refractivity contribution is -0.126. The Morgan fingerprint density at radius 1 is 1.24 bits per heavy atom. The summed E-state index contributed by atoms with van der Waals surface area (Å²) in [6.45, 7) is 8.52. The number of halogens is 1. The Morgan fingerprint density at radius 3 is 2.34 bits per heavy atom. The molecule has 1 N–H and O–H groups in total. The molecule has 1 aliphatic rings. The van der Waals surface area contributed by atoms with Crippen LogP contribution in [0.5, 0.6) is 0 Å². The van der Waals surface area contributed by atoms with Gasteiger partial charge < -0.3 is 14.8 Å². The van der Waals surface area contributed by atoms with Crippen LogP contribution in [0.2, 0.25) is 0 Å². The molecule has 29 heavy (non-hydrogen) atoms. The van der Waals surface area contributed by atoms with Crippen molar-refractivity contribution in [1.82, 2.24) is 5.32 Å². The van der Waals surface area contributed by atoms with Crippen molar-refractivity contribution in [3.05, 3.63) is 59.4 Å². The van der Waals surface area contributed by atoms with Gasteiger partial charge in [0.05, 0.1) is 13.2 Å². The number of allylic oxidation sites excluding steroid dienone is 2. The van der Waals surface area contributed by atoms with Crippen LogP contribution in [0.25, 0.3) is 0 Å². The third-order valence-corrected chi connectivity index (χ3v) is 4.94. The fourth-order valence-corrected chi connectivity index (χ4v) is 2.93. The summed E-state index contributed by atoms with van der Waals surface area (Å²) in [4.78, 5) is 13.2. The van der Waals surface area contributed by atoms with Crippen molar-refractivity contribution in [2.75, 3.05) is 14.2 Å². The first kappa shape index (κ1) is 24.4. The molecule has 0 fully saturated rings. The third-order valence-electron chi connectivity index (χ3n) is 4.94. The number of nitrogens with one attached hydrogen (secondary N) is 1. The summed E-state index contributed by atoms with van der Waals surface area (Å²) >= 11 is 0. The SMILES string of the molecule is CN=C(N[C@@H](C)C1=CCCC=C1F)OC(C)(C)C(C)c1ccccc1.COC=O.[HH]. The summed E-state index contributed by atoms with van der Waals surface area (Å²) in [6.07, 6.45) is 5.20. The highest BCUT2D eigenvalue weighted by Gasteiger charge is 2.31. The van der Waals surface area contributed by atoms with Crippen molar-refractivity contribution in [2.45, 2.75) is 58.1 Å². The Bertz CT molecular complexity index is 733. The molecule has 0 saturated carbocycles. The number of methoxy groups -OCH3 is 1. The zero-order chi connectivity index (χ0) is 21.9. The molecule has 1 aromatic rings. The zero-order valence-electron chi connectivity index (χ0n) is 18.2. The van der Waals surface area contributed by atoms with Crippen LogP contribution in [0.4, 0.5) is 4.39 Å². The number of benzene rings is 1. The number of carbonyl (C=O) groups is 1. The summed E-state index contributed by atoms with van der Waals surface area (Å²) in [5.74, 6) is 0.0201. The van der Waals surface area contributed by atoms with Crippen LogP contribution >= 0.6 is 0 Å².